The largest absolute Gasteiger partial charge is 0.466 e. The molecular weight excluding hydrogens is 777 g/mol. The van der Waals surface area contributed by atoms with Crippen molar-refractivity contribution >= 4 is 5.97 Å². The summed E-state index contributed by atoms with van der Waals surface area (Å²) in [7, 11) is 0. The van der Waals surface area contributed by atoms with E-state index in [4.69, 9.17) is 9.47 Å². The average molecular weight is 894 g/mol. The van der Waals surface area contributed by atoms with Gasteiger partial charge < -0.3 is 24.4 Å². The maximum Gasteiger partial charge on any atom is 0.305 e. The van der Waals surface area contributed by atoms with Crippen LogP contribution in [0.15, 0.2) is 0 Å². The number of aliphatic hydroxyl groups is 1. The first-order valence-corrected chi connectivity index (χ1v) is 29.0. The number of carbonyl (C=O) groups excluding carboxylic acids is 1. The summed E-state index contributed by atoms with van der Waals surface area (Å²) < 4.78 is 11.2. The molecule has 0 aromatic carbocycles. The van der Waals surface area contributed by atoms with Crippen LogP contribution in [0.3, 0.4) is 0 Å². The molecule has 1 atom stereocenters. The Morgan fingerprint density at radius 1 is 0.349 bits per heavy atom. The lowest BCUT2D eigenvalue weighted by molar-refractivity contribution is -0.143. The Hall–Kier alpha value is -0.690. The van der Waals surface area contributed by atoms with Gasteiger partial charge in [0.15, 0.2) is 6.29 Å². The summed E-state index contributed by atoms with van der Waals surface area (Å²) >= 11 is 0. The third-order valence-electron chi connectivity index (χ3n) is 13.5. The molecule has 0 saturated carbocycles. The van der Waals surface area contributed by atoms with Crippen molar-refractivity contribution in [2.75, 3.05) is 52.5 Å². The molecule has 0 aromatic heterocycles. The Bertz CT molecular complexity index is 840. The van der Waals surface area contributed by atoms with Gasteiger partial charge in [-0.2, -0.15) is 0 Å². The van der Waals surface area contributed by atoms with Gasteiger partial charge in [-0.15, -0.1) is 0 Å². The van der Waals surface area contributed by atoms with E-state index in [1.807, 2.05) is 0 Å². The predicted octanol–water partition coefficient (Wildman–Crippen LogP) is 17.3. The van der Waals surface area contributed by atoms with E-state index in [9.17, 15) is 9.90 Å². The molecule has 6 heteroatoms. The van der Waals surface area contributed by atoms with Crippen LogP contribution in [0.2, 0.25) is 0 Å². The van der Waals surface area contributed by atoms with E-state index >= 15 is 0 Å². The fourth-order valence-corrected chi connectivity index (χ4v) is 9.10. The van der Waals surface area contributed by atoms with Gasteiger partial charge in [-0.05, 0) is 110 Å². The van der Waals surface area contributed by atoms with Gasteiger partial charge in [0.05, 0.1) is 6.61 Å². The number of nitrogens with zero attached hydrogens (tertiary/aromatic N) is 2. The third-order valence-corrected chi connectivity index (χ3v) is 13.5. The summed E-state index contributed by atoms with van der Waals surface area (Å²) in [5.41, 5.74) is 0. The molecule has 0 spiro atoms. The van der Waals surface area contributed by atoms with Gasteiger partial charge in [-0.1, -0.05) is 227 Å². The van der Waals surface area contributed by atoms with Crippen molar-refractivity contribution in [3.63, 3.8) is 0 Å². The van der Waals surface area contributed by atoms with Gasteiger partial charge in [0.25, 0.3) is 0 Å². The molecule has 0 radical (unpaired) electrons. The number of rotatable bonds is 55. The maximum absolute atomic E-state index is 12.2. The van der Waals surface area contributed by atoms with Gasteiger partial charge in [0.2, 0.25) is 0 Å². The van der Waals surface area contributed by atoms with Crippen molar-refractivity contribution in [1.29, 1.82) is 0 Å². The van der Waals surface area contributed by atoms with Crippen molar-refractivity contribution < 1.29 is 19.4 Å². The van der Waals surface area contributed by atoms with E-state index in [-0.39, 0.29) is 5.97 Å². The van der Waals surface area contributed by atoms with Gasteiger partial charge in [0, 0.05) is 13.0 Å². The molecule has 378 valence electrons. The number of ether oxygens (including phenoxy) is 2. The van der Waals surface area contributed by atoms with Gasteiger partial charge >= 0.3 is 5.97 Å². The summed E-state index contributed by atoms with van der Waals surface area (Å²) in [5, 5.41) is 10.3. The minimum absolute atomic E-state index is 0.00852. The highest BCUT2D eigenvalue weighted by molar-refractivity contribution is 5.69. The molecular formula is C57H116N2O4. The molecule has 0 aliphatic heterocycles. The molecule has 0 aromatic rings. The van der Waals surface area contributed by atoms with Gasteiger partial charge in [0.1, 0.15) is 0 Å². The number of carbonyl (C=O) groups is 1. The van der Waals surface area contributed by atoms with E-state index in [0.29, 0.717) is 19.6 Å². The Morgan fingerprint density at radius 2 is 0.619 bits per heavy atom. The fourth-order valence-electron chi connectivity index (χ4n) is 9.10. The van der Waals surface area contributed by atoms with Crippen molar-refractivity contribution in [2.45, 2.75) is 310 Å². The zero-order valence-electron chi connectivity index (χ0n) is 43.7. The number of hydrogen-bond acceptors (Lipinski definition) is 6. The smallest absolute Gasteiger partial charge is 0.305 e. The zero-order valence-corrected chi connectivity index (χ0v) is 43.7. The number of aliphatic hydroxyl groups excluding tert-OH is 1. The zero-order chi connectivity index (χ0) is 45.8. The van der Waals surface area contributed by atoms with E-state index < -0.39 is 6.29 Å². The normalized spacial score (nSPS) is 12.3. The van der Waals surface area contributed by atoms with Crippen LogP contribution in [0.4, 0.5) is 0 Å². The molecule has 0 heterocycles. The van der Waals surface area contributed by atoms with Crippen molar-refractivity contribution in [1.82, 2.24) is 9.80 Å². The van der Waals surface area contributed by atoms with E-state index in [1.165, 1.54) is 270 Å². The first-order chi connectivity index (χ1) is 31.1. The quantitative estimate of drug-likeness (QED) is 0.0373. The number of hydrogen-bond donors (Lipinski definition) is 1. The van der Waals surface area contributed by atoms with Crippen LogP contribution in [0.1, 0.15) is 304 Å². The molecule has 0 fully saturated rings. The minimum Gasteiger partial charge on any atom is -0.466 e. The summed E-state index contributed by atoms with van der Waals surface area (Å²) in [6.45, 7) is 18.0. The number of esters is 1. The van der Waals surface area contributed by atoms with Crippen LogP contribution >= 0.6 is 0 Å². The fraction of sp³-hybridized carbons (Fsp3) is 0.982. The highest BCUT2D eigenvalue weighted by atomic mass is 16.6. The lowest BCUT2D eigenvalue weighted by Gasteiger charge is -2.24. The van der Waals surface area contributed by atoms with Crippen molar-refractivity contribution in [3.05, 3.63) is 0 Å². The molecule has 0 bridgehead atoms. The van der Waals surface area contributed by atoms with Crippen molar-refractivity contribution in [3.8, 4) is 0 Å². The first kappa shape index (κ1) is 62.3. The van der Waals surface area contributed by atoms with Crippen LogP contribution in [0, 0.1) is 0 Å². The van der Waals surface area contributed by atoms with Gasteiger partial charge in [-0.3, -0.25) is 4.79 Å². The molecule has 1 N–H and O–H groups in total. The topological polar surface area (TPSA) is 62.2 Å². The second kappa shape index (κ2) is 53.9. The molecule has 1 unspecified atom stereocenters. The second-order valence-electron chi connectivity index (χ2n) is 19.8. The molecule has 63 heavy (non-hydrogen) atoms. The van der Waals surface area contributed by atoms with E-state index in [1.54, 1.807) is 0 Å². The van der Waals surface area contributed by atoms with Crippen LogP contribution in [0.5, 0.6) is 0 Å². The highest BCUT2D eigenvalue weighted by Crippen LogP contribution is 2.15. The van der Waals surface area contributed by atoms with Crippen LogP contribution < -0.4 is 0 Å². The summed E-state index contributed by atoms with van der Waals surface area (Å²) in [6.07, 6.45) is 54.1. The van der Waals surface area contributed by atoms with Gasteiger partial charge in [-0.25, -0.2) is 0 Å². The van der Waals surface area contributed by atoms with Crippen LogP contribution in [-0.2, 0) is 14.3 Å². The third kappa shape index (κ3) is 50.6. The predicted molar refractivity (Wildman–Crippen MR) is 277 cm³/mol. The molecule has 0 amide bonds. The summed E-state index contributed by atoms with van der Waals surface area (Å²) in [4.78, 5) is 17.8. The maximum atomic E-state index is 12.2. The monoisotopic (exact) mass is 893 g/mol. The minimum atomic E-state index is -0.582. The molecule has 6 nitrogen and oxygen atoms in total. The summed E-state index contributed by atoms with van der Waals surface area (Å²) in [5.74, 6) is 0.00852. The lowest BCUT2D eigenvalue weighted by atomic mass is 10.1. The Kier molecular flexibility index (Phi) is 53.3. The van der Waals surface area contributed by atoms with E-state index in [0.717, 1.165) is 38.5 Å². The second-order valence-corrected chi connectivity index (χ2v) is 19.8. The highest BCUT2D eigenvalue weighted by Gasteiger charge is 2.09. The number of unbranched alkanes of at least 4 members (excludes halogenated alkanes) is 34. The Morgan fingerprint density at radius 3 is 0.984 bits per heavy atom. The molecule has 0 aliphatic rings. The van der Waals surface area contributed by atoms with Crippen molar-refractivity contribution in [2.24, 2.45) is 0 Å². The first-order valence-electron chi connectivity index (χ1n) is 29.0. The Balaban J connectivity index is 4.59. The molecule has 0 saturated heterocycles. The average Bonchev–Trinajstić information content (AvgIpc) is 3.28. The molecule has 0 rings (SSSR count). The Labute approximate surface area is 396 Å². The standard InChI is InChI=1S/C57H116N2O4/c1-5-9-13-17-21-29-38-48-58(49-39-30-22-18-14-10-6-2)52-42-35-43-53-59(50-40-31-25-27-36-46-56(60)62-54-44-33-23-19-15-11-7-3)51-41-32-26-28-37-47-57(61)63-55-45-34-24-20-16-12-8-4/h56,60H,5-55H2,1-4H3. The SMILES string of the molecule is CCCCCCCCCOC(=O)CCCCCCCN(CCCCCCCC(O)OCCCCCCCCC)CCCCCN(CCCCCCCCC)CCCCCCCCC. The van der Waals surface area contributed by atoms with Crippen LogP contribution in [-0.4, -0.2) is 79.6 Å². The van der Waals surface area contributed by atoms with E-state index in [2.05, 4.69) is 37.5 Å². The lowest BCUT2D eigenvalue weighted by Crippen LogP contribution is -2.29. The van der Waals surface area contributed by atoms with Crippen LogP contribution in [0.25, 0.3) is 0 Å². The summed E-state index contributed by atoms with van der Waals surface area (Å²) in [6, 6.07) is 0. The molecule has 0 aliphatic carbocycles.